The Morgan fingerprint density at radius 3 is 2.80 bits per heavy atom. The smallest absolute Gasteiger partial charge is 0.141 e. The van der Waals surface area contributed by atoms with Crippen molar-refractivity contribution < 1.29 is 4.39 Å². The van der Waals surface area contributed by atoms with Crippen molar-refractivity contribution in [3.05, 3.63) is 53.7 Å². The molecule has 2 aromatic heterocycles. The Kier molecular flexibility index (Phi) is 5.01. The molecule has 0 aromatic carbocycles. The van der Waals surface area contributed by atoms with Crippen LogP contribution in [0.2, 0.25) is 0 Å². The van der Waals surface area contributed by atoms with E-state index in [0.717, 1.165) is 30.6 Å². The van der Waals surface area contributed by atoms with Crippen molar-refractivity contribution in [1.82, 2.24) is 15.3 Å². The number of pyridine rings is 2. The molecule has 20 heavy (non-hydrogen) atoms. The van der Waals surface area contributed by atoms with Crippen LogP contribution in [0.4, 0.5) is 10.2 Å². The first-order chi connectivity index (χ1) is 9.69. The summed E-state index contributed by atoms with van der Waals surface area (Å²) in [5.74, 6) is 0.181. The molecule has 0 amide bonds. The minimum atomic E-state index is -0.323. The second-order valence-electron chi connectivity index (χ2n) is 4.70. The van der Waals surface area contributed by atoms with Crippen molar-refractivity contribution in [2.45, 2.75) is 25.8 Å². The van der Waals surface area contributed by atoms with Gasteiger partial charge < -0.3 is 11.1 Å². The molecule has 3 N–H and O–H groups in total. The Bertz CT molecular complexity index is 542. The molecule has 2 aromatic rings. The molecule has 5 heteroatoms. The van der Waals surface area contributed by atoms with E-state index < -0.39 is 0 Å². The predicted molar refractivity (Wildman–Crippen MR) is 77.6 cm³/mol. The summed E-state index contributed by atoms with van der Waals surface area (Å²) in [6, 6.07) is 6.97. The summed E-state index contributed by atoms with van der Waals surface area (Å²) in [5, 5.41) is 3.43. The third-order valence-corrected chi connectivity index (χ3v) is 3.03. The van der Waals surface area contributed by atoms with Gasteiger partial charge in [0.2, 0.25) is 0 Å². The van der Waals surface area contributed by atoms with Crippen molar-refractivity contribution in [3.8, 4) is 0 Å². The molecule has 2 heterocycles. The van der Waals surface area contributed by atoms with Gasteiger partial charge in [0.25, 0.3) is 0 Å². The number of aromatic nitrogens is 2. The topological polar surface area (TPSA) is 63.8 Å². The lowest BCUT2D eigenvalue weighted by atomic mass is 10.0. The largest absolute Gasteiger partial charge is 0.384 e. The molecule has 4 nitrogen and oxygen atoms in total. The first kappa shape index (κ1) is 14.4. The van der Waals surface area contributed by atoms with E-state index in [1.807, 2.05) is 12.1 Å². The average molecular weight is 274 g/mol. The van der Waals surface area contributed by atoms with Gasteiger partial charge in [-0.3, -0.25) is 4.98 Å². The molecule has 0 spiro atoms. The molecule has 0 radical (unpaired) electrons. The highest BCUT2D eigenvalue weighted by Gasteiger charge is 2.13. The van der Waals surface area contributed by atoms with Crippen LogP contribution in [0, 0.1) is 5.82 Å². The fourth-order valence-corrected chi connectivity index (χ4v) is 2.05. The van der Waals surface area contributed by atoms with Gasteiger partial charge in [-0.2, -0.15) is 0 Å². The summed E-state index contributed by atoms with van der Waals surface area (Å²) in [6.45, 7) is 2.98. The standard InChI is InChI=1S/C15H19FN4/c1-2-6-18-14(13-4-3-12(16)10-20-13)8-11-5-7-19-15(17)9-11/h3-5,7,9-10,14,18H,2,6,8H2,1H3,(H2,17,19). The summed E-state index contributed by atoms with van der Waals surface area (Å²) in [7, 11) is 0. The molecule has 0 saturated carbocycles. The third-order valence-electron chi connectivity index (χ3n) is 3.03. The van der Waals surface area contributed by atoms with Crippen LogP contribution in [0.25, 0.3) is 0 Å². The lowest BCUT2D eigenvalue weighted by Crippen LogP contribution is -2.25. The SMILES string of the molecule is CCCNC(Cc1ccnc(N)c1)c1ccc(F)cn1. The van der Waals surface area contributed by atoms with Gasteiger partial charge in [0.15, 0.2) is 0 Å². The summed E-state index contributed by atoms with van der Waals surface area (Å²) < 4.78 is 13.0. The zero-order valence-corrected chi connectivity index (χ0v) is 11.5. The van der Waals surface area contributed by atoms with Crippen LogP contribution in [0.1, 0.15) is 30.6 Å². The monoisotopic (exact) mass is 274 g/mol. The molecule has 0 aliphatic rings. The first-order valence-electron chi connectivity index (χ1n) is 6.74. The molecule has 0 aliphatic heterocycles. The van der Waals surface area contributed by atoms with Crippen molar-refractivity contribution in [2.24, 2.45) is 0 Å². The van der Waals surface area contributed by atoms with Gasteiger partial charge in [0.05, 0.1) is 17.9 Å². The fourth-order valence-electron chi connectivity index (χ4n) is 2.05. The van der Waals surface area contributed by atoms with Crippen molar-refractivity contribution in [1.29, 1.82) is 0 Å². The number of rotatable bonds is 6. The van der Waals surface area contributed by atoms with Crippen molar-refractivity contribution in [2.75, 3.05) is 12.3 Å². The Labute approximate surface area is 118 Å². The molecule has 0 saturated heterocycles. The zero-order valence-electron chi connectivity index (χ0n) is 11.5. The van der Waals surface area contributed by atoms with E-state index in [0.29, 0.717) is 5.82 Å². The maximum absolute atomic E-state index is 13.0. The number of anilines is 1. The molecule has 0 aliphatic carbocycles. The van der Waals surface area contributed by atoms with Gasteiger partial charge in [0.1, 0.15) is 11.6 Å². The van der Waals surface area contributed by atoms with Crippen molar-refractivity contribution in [3.63, 3.8) is 0 Å². The minimum absolute atomic E-state index is 0.0392. The average Bonchev–Trinajstić information content (AvgIpc) is 2.44. The van der Waals surface area contributed by atoms with Crippen molar-refractivity contribution >= 4 is 5.82 Å². The maximum Gasteiger partial charge on any atom is 0.141 e. The molecular weight excluding hydrogens is 255 g/mol. The quantitative estimate of drug-likeness (QED) is 0.849. The number of halogens is 1. The lowest BCUT2D eigenvalue weighted by molar-refractivity contribution is 0.514. The van der Waals surface area contributed by atoms with Gasteiger partial charge in [-0.25, -0.2) is 9.37 Å². The van der Waals surface area contributed by atoms with Crippen LogP contribution < -0.4 is 11.1 Å². The van der Waals surface area contributed by atoms with Crippen LogP contribution in [0.3, 0.4) is 0 Å². The molecule has 1 atom stereocenters. The van der Waals surface area contributed by atoms with E-state index in [1.54, 1.807) is 12.3 Å². The summed E-state index contributed by atoms with van der Waals surface area (Å²) >= 11 is 0. The minimum Gasteiger partial charge on any atom is -0.384 e. The van der Waals surface area contributed by atoms with Gasteiger partial charge in [-0.15, -0.1) is 0 Å². The molecule has 0 fully saturated rings. The molecule has 2 rings (SSSR count). The van der Waals surface area contributed by atoms with E-state index >= 15 is 0 Å². The number of nitrogens with one attached hydrogen (secondary N) is 1. The number of nitrogens with zero attached hydrogens (tertiary/aromatic N) is 2. The summed E-state index contributed by atoms with van der Waals surface area (Å²) in [4.78, 5) is 8.15. The Morgan fingerprint density at radius 2 is 2.15 bits per heavy atom. The number of hydrogen-bond donors (Lipinski definition) is 2. The van der Waals surface area contributed by atoms with Crippen LogP contribution in [-0.2, 0) is 6.42 Å². The molecule has 0 bridgehead atoms. The van der Waals surface area contributed by atoms with Crippen LogP contribution in [-0.4, -0.2) is 16.5 Å². The van der Waals surface area contributed by atoms with Crippen LogP contribution in [0.5, 0.6) is 0 Å². The van der Waals surface area contributed by atoms with Gasteiger partial charge in [-0.05, 0) is 49.2 Å². The normalized spacial score (nSPS) is 12.3. The number of nitrogen functional groups attached to an aromatic ring is 1. The summed E-state index contributed by atoms with van der Waals surface area (Å²) in [5.41, 5.74) is 7.61. The lowest BCUT2D eigenvalue weighted by Gasteiger charge is -2.18. The Balaban J connectivity index is 2.16. The third kappa shape index (κ3) is 3.99. The highest BCUT2D eigenvalue weighted by atomic mass is 19.1. The Morgan fingerprint density at radius 1 is 1.30 bits per heavy atom. The van der Waals surface area contributed by atoms with E-state index in [2.05, 4.69) is 22.2 Å². The second kappa shape index (κ2) is 6.96. The number of nitrogens with two attached hydrogens (primary N) is 1. The highest BCUT2D eigenvalue weighted by Crippen LogP contribution is 2.17. The highest BCUT2D eigenvalue weighted by molar-refractivity contribution is 5.32. The van der Waals surface area contributed by atoms with Crippen LogP contribution in [0.15, 0.2) is 36.7 Å². The molecule has 106 valence electrons. The van der Waals surface area contributed by atoms with Gasteiger partial charge in [-0.1, -0.05) is 6.92 Å². The molecule has 1 unspecified atom stereocenters. The van der Waals surface area contributed by atoms with E-state index in [1.165, 1.54) is 12.3 Å². The maximum atomic E-state index is 13.0. The predicted octanol–water partition coefficient (Wildman–Crippen LogP) is 2.48. The van der Waals surface area contributed by atoms with E-state index in [-0.39, 0.29) is 11.9 Å². The molecular formula is C15H19FN4. The number of hydrogen-bond acceptors (Lipinski definition) is 4. The zero-order chi connectivity index (χ0) is 14.4. The van der Waals surface area contributed by atoms with Gasteiger partial charge >= 0.3 is 0 Å². The van der Waals surface area contributed by atoms with Crippen LogP contribution >= 0.6 is 0 Å². The second-order valence-corrected chi connectivity index (χ2v) is 4.70. The summed E-state index contributed by atoms with van der Waals surface area (Å²) in [6.07, 6.45) is 4.71. The first-order valence-corrected chi connectivity index (χ1v) is 6.74. The Hall–Kier alpha value is -2.01. The van der Waals surface area contributed by atoms with E-state index in [4.69, 9.17) is 5.73 Å². The van der Waals surface area contributed by atoms with Gasteiger partial charge in [0, 0.05) is 6.20 Å². The van der Waals surface area contributed by atoms with E-state index in [9.17, 15) is 4.39 Å². The fraction of sp³-hybridized carbons (Fsp3) is 0.333.